The monoisotopic (exact) mass is 223 g/mol. The molecule has 0 aliphatic rings. The minimum absolute atomic E-state index is 0.367. The summed E-state index contributed by atoms with van der Waals surface area (Å²) in [5.41, 5.74) is 5.96. The lowest BCUT2D eigenvalue weighted by atomic mass is 10.2. The van der Waals surface area contributed by atoms with Crippen LogP contribution in [0.3, 0.4) is 0 Å². The van der Waals surface area contributed by atoms with Crippen molar-refractivity contribution in [2.24, 2.45) is 0 Å². The van der Waals surface area contributed by atoms with Crippen LogP contribution in [0.15, 0.2) is 12.1 Å². The van der Waals surface area contributed by atoms with Gasteiger partial charge in [-0.05, 0) is 45.4 Å². The Labute approximate surface area is 95.0 Å². The molecule has 16 heavy (non-hydrogen) atoms. The zero-order valence-corrected chi connectivity index (χ0v) is 10.00. The Bertz CT molecular complexity index is 376. The molecule has 1 heterocycles. The molecule has 1 aromatic rings. The summed E-state index contributed by atoms with van der Waals surface area (Å²) >= 11 is 0. The molecule has 3 N–H and O–H groups in total. The van der Waals surface area contributed by atoms with E-state index in [0.717, 1.165) is 5.56 Å². The molecule has 5 heteroatoms. The molecule has 0 aliphatic heterocycles. The molecule has 0 aromatic carbocycles. The Morgan fingerprint density at radius 3 is 2.56 bits per heavy atom. The van der Waals surface area contributed by atoms with Gasteiger partial charge in [-0.25, -0.2) is 9.78 Å². The molecule has 0 aliphatic carbocycles. The van der Waals surface area contributed by atoms with E-state index < -0.39 is 11.7 Å². The van der Waals surface area contributed by atoms with Crippen LogP contribution in [-0.2, 0) is 4.74 Å². The van der Waals surface area contributed by atoms with Gasteiger partial charge in [0.1, 0.15) is 17.2 Å². The highest BCUT2D eigenvalue weighted by Crippen LogP contribution is 2.13. The molecule has 88 valence electrons. The first kappa shape index (κ1) is 12.3. The van der Waals surface area contributed by atoms with Gasteiger partial charge in [0, 0.05) is 0 Å². The summed E-state index contributed by atoms with van der Waals surface area (Å²) in [5, 5.41) is 2.53. The van der Waals surface area contributed by atoms with Gasteiger partial charge in [-0.3, -0.25) is 5.32 Å². The number of carbonyl (C=O) groups excluding carboxylic acids is 1. The number of hydrogen-bond acceptors (Lipinski definition) is 4. The first-order valence-electron chi connectivity index (χ1n) is 5.00. The molecule has 0 unspecified atom stereocenters. The van der Waals surface area contributed by atoms with Gasteiger partial charge in [0.25, 0.3) is 0 Å². The van der Waals surface area contributed by atoms with Gasteiger partial charge in [-0.2, -0.15) is 0 Å². The largest absolute Gasteiger partial charge is 0.444 e. The number of nitrogens with two attached hydrogens (primary N) is 1. The van der Waals surface area contributed by atoms with Crippen molar-refractivity contribution in [1.29, 1.82) is 0 Å². The van der Waals surface area contributed by atoms with Crippen LogP contribution in [0, 0.1) is 6.92 Å². The van der Waals surface area contributed by atoms with E-state index >= 15 is 0 Å². The van der Waals surface area contributed by atoms with Crippen molar-refractivity contribution >= 4 is 17.7 Å². The average molecular weight is 223 g/mol. The van der Waals surface area contributed by atoms with Crippen LogP contribution in [0.25, 0.3) is 0 Å². The average Bonchev–Trinajstić information content (AvgIpc) is 1.96. The van der Waals surface area contributed by atoms with Crippen LogP contribution in [0.4, 0.5) is 16.4 Å². The molecule has 1 aromatic heterocycles. The van der Waals surface area contributed by atoms with Crippen molar-refractivity contribution in [3.63, 3.8) is 0 Å². The highest BCUT2D eigenvalue weighted by molar-refractivity contribution is 5.83. The van der Waals surface area contributed by atoms with Crippen LogP contribution in [0.2, 0.25) is 0 Å². The van der Waals surface area contributed by atoms with Gasteiger partial charge >= 0.3 is 6.09 Å². The summed E-state index contributed by atoms with van der Waals surface area (Å²) in [5.74, 6) is 0.762. The van der Waals surface area contributed by atoms with Crippen molar-refractivity contribution < 1.29 is 9.53 Å². The van der Waals surface area contributed by atoms with E-state index in [0.29, 0.717) is 11.6 Å². The maximum Gasteiger partial charge on any atom is 0.413 e. The molecule has 0 radical (unpaired) electrons. The maximum absolute atomic E-state index is 11.4. The Kier molecular flexibility index (Phi) is 3.37. The maximum atomic E-state index is 11.4. The quantitative estimate of drug-likeness (QED) is 0.766. The van der Waals surface area contributed by atoms with Gasteiger partial charge < -0.3 is 10.5 Å². The number of nitrogens with one attached hydrogen (secondary N) is 1. The van der Waals surface area contributed by atoms with Gasteiger partial charge in [0.2, 0.25) is 0 Å². The molecule has 0 saturated heterocycles. The van der Waals surface area contributed by atoms with Crippen LogP contribution in [0.5, 0.6) is 0 Å². The molecule has 0 atom stereocenters. The van der Waals surface area contributed by atoms with Crippen molar-refractivity contribution in [2.45, 2.75) is 33.3 Å². The predicted molar refractivity (Wildman–Crippen MR) is 63.2 cm³/mol. The lowest BCUT2D eigenvalue weighted by Crippen LogP contribution is -2.27. The summed E-state index contributed by atoms with van der Waals surface area (Å²) in [7, 11) is 0. The molecule has 0 spiro atoms. The molecular formula is C11H17N3O2. The van der Waals surface area contributed by atoms with Gasteiger partial charge in [-0.1, -0.05) is 0 Å². The van der Waals surface area contributed by atoms with Gasteiger partial charge in [-0.15, -0.1) is 0 Å². The van der Waals surface area contributed by atoms with Gasteiger partial charge in [0.05, 0.1) is 0 Å². The topological polar surface area (TPSA) is 77.2 Å². The molecule has 0 bridgehead atoms. The smallest absolute Gasteiger partial charge is 0.413 e. The number of aryl methyl sites for hydroxylation is 1. The normalized spacial score (nSPS) is 11.0. The van der Waals surface area contributed by atoms with Crippen LogP contribution < -0.4 is 11.1 Å². The fourth-order valence-electron chi connectivity index (χ4n) is 1.17. The first-order chi connectivity index (χ1) is 7.26. The van der Waals surface area contributed by atoms with Crippen molar-refractivity contribution in [1.82, 2.24) is 4.98 Å². The zero-order chi connectivity index (χ0) is 12.3. The van der Waals surface area contributed by atoms with Gasteiger partial charge in [0.15, 0.2) is 0 Å². The fraction of sp³-hybridized carbons (Fsp3) is 0.455. The summed E-state index contributed by atoms with van der Waals surface area (Å²) in [6, 6.07) is 3.44. The predicted octanol–water partition coefficient (Wildman–Crippen LogP) is 2.32. The highest BCUT2D eigenvalue weighted by atomic mass is 16.6. The number of carbonyl (C=O) groups is 1. The van der Waals surface area contributed by atoms with Crippen LogP contribution in [-0.4, -0.2) is 16.7 Å². The molecule has 0 saturated carbocycles. The third kappa shape index (κ3) is 4.16. The Balaban J connectivity index is 2.70. The fourth-order valence-corrected chi connectivity index (χ4v) is 1.17. The van der Waals surface area contributed by atoms with E-state index in [2.05, 4.69) is 10.3 Å². The number of aromatic nitrogens is 1. The lowest BCUT2D eigenvalue weighted by Gasteiger charge is -2.19. The second kappa shape index (κ2) is 4.38. The Morgan fingerprint density at radius 1 is 1.44 bits per heavy atom. The number of nitrogens with zero attached hydrogens (tertiary/aromatic N) is 1. The third-order valence-corrected chi connectivity index (χ3v) is 1.62. The summed E-state index contributed by atoms with van der Waals surface area (Å²) in [4.78, 5) is 15.4. The second-order valence-corrected chi connectivity index (χ2v) is 4.58. The van der Waals surface area contributed by atoms with E-state index in [4.69, 9.17) is 10.5 Å². The lowest BCUT2D eigenvalue weighted by molar-refractivity contribution is 0.0635. The summed E-state index contributed by atoms with van der Waals surface area (Å²) in [6.45, 7) is 7.26. The number of pyridine rings is 1. The van der Waals surface area contributed by atoms with E-state index in [1.54, 1.807) is 32.9 Å². The van der Waals surface area contributed by atoms with Crippen LogP contribution in [0.1, 0.15) is 26.3 Å². The third-order valence-electron chi connectivity index (χ3n) is 1.62. The van der Waals surface area contributed by atoms with Crippen molar-refractivity contribution in [3.05, 3.63) is 17.7 Å². The standard InChI is InChI=1S/C11H17N3O2/c1-7-5-8(12)13-9(6-7)14-10(15)16-11(2,3)4/h5-6H,1-4H3,(H3,12,13,14,15). The van der Waals surface area contributed by atoms with Crippen LogP contribution >= 0.6 is 0 Å². The molecule has 1 amide bonds. The molecule has 5 nitrogen and oxygen atoms in total. The van der Waals surface area contributed by atoms with E-state index in [-0.39, 0.29) is 0 Å². The number of nitrogen functional groups attached to an aromatic ring is 1. The molecule has 1 rings (SSSR count). The van der Waals surface area contributed by atoms with E-state index in [1.165, 1.54) is 0 Å². The number of rotatable bonds is 1. The summed E-state index contributed by atoms with van der Waals surface area (Å²) in [6.07, 6.45) is -0.537. The number of amides is 1. The SMILES string of the molecule is Cc1cc(N)nc(NC(=O)OC(C)(C)C)c1. The molecular weight excluding hydrogens is 206 g/mol. The number of ether oxygens (including phenoxy) is 1. The van der Waals surface area contributed by atoms with Crippen molar-refractivity contribution in [3.8, 4) is 0 Å². The minimum atomic E-state index is -0.537. The second-order valence-electron chi connectivity index (χ2n) is 4.58. The summed E-state index contributed by atoms with van der Waals surface area (Å²) < 4.78 is 5.09. The number of hydrogen-bond donors (Lipinski definition) is 2. The Morgan fingerprint density at radius 2 is 2.06 bits per heavy atom. The molecule has 0 fully saturated rings. The van der Waals surface area contributed by atoms with Crippen molar-refractivity contribution in [2.75, 3.05) is 11.1 Å². The van der Waals surface area contributed by atoms with E-state index in [9.17, 15) is 4.79 Å². The zero-order valence-electron chi connectivity index (χ0n) is 10.00. The first-order valence-corrected chi connectivity index (χ1v) is 5.00. The number of anilines is 2. The minimum Gasteiger partial charge on any atom is -0.444 e. The van der Waals surface area contributed by atoms with E-state index in [1.807, 2.05) is 6.92 Å². The highest BCUT2D eigenvalue weighted by Gasteiger charge is 2.16. The Hall–Kier alpha value is -1.78.